The van der Waals surface area contributed by atoms with Gasteiger partial charge in [-0.15, -0.1) is 11.6 Å². The molecular weight excluding hydrogens is 1360 g/mol. The van der Waals surface area contributed by atoms with Crippen molar-refractivity contribution in [2.24, 2.45) is 0 Å². The van der Waals surface area contributed by atoms with Gasteiger partial charge in [-0.3, -0.25) is 28.8 Å². The van der Waals surface area contributed by atoms with E-state index in [9.17, 15) is 63.5 Å². The summed E-state index contributed by atoms with van der Waals surface area (Å²) in [5.74, 6) is -1.15. The smallest absolute Gasteiger partial charge is 0.412 e. The van der Waals surface area contributed by atoms with E-state index in [1.807, 2.05) is 37.3 Å². The molecule has 0 unspecified atom stereocenters. The number of likely N-dealkylation sites (tertiary alicyclic amines) is 1. The van der Waals surface area contributed by atoms with Crippen molar-refractivity contribution in [3.8, 4) is 0 Å². The Labute approximate surface area is 556 Å². The number of aromatic nitrogens is 3. The highest BCUT2D eigenvalue weighted by Gasteiger charge is 2.33. The molecule has 510 valence electrons. The Morgan fingerprint density at radius 3 is 1.37 bits per heavy atom. The molecule has 6 aromatic carbocycles. The molecular formula is C62H66Cl2F6N10O12S3. The van der Waals surface area contributed by atoms with Gasteiger partial charge in [-0.2, -0.15) is 26.3 Å². The maximum Gasteiger partial charge on any atom is 0.416 e. The van der Waals surface area contributed by atoms with Crippen molar-refractivity contribution in [2.75, 3.05) is 68.1 Å². The summed E-state index contributed by atoms with van der Waals surface area (Å²) in [7, 11) is 1.39. The molecule has 9 aromatic rings. The topological polar surface area (TPSA) is 399 Å². The van der Waals surface area contributed by atoms with Gasteiger partial charge in [0.2, 0.25) is 25.3 Å². The largest absolute Gasteiger partial charge is 0.416 e. The molecule has 1 saturated heterocycles. The molecule has 0 atom stereocenters. The van der Waals surface area contributed by atoms with Gasteiger partial charge in [0.1, 0.15) is 16.7 Å². The Kier molecular flexibility index (Phi) is 31.0. The number of alkyl halides is 7. The van der Waals surface area contributed by atoms with E-state index in [2.05, 4.69) is 51.8 Å². The Bertz CT molecular complexity index is 4430. The number of hydrogen-bond donors (Lipinski definition) is 9. The minimum absolute atomic E-state index is 0. The number of nitrogens with one attached hydrogen (secondary N) is 8. The van der Waals surface area contributed by atoms with Crippen molar-refractivity contribution in [2.45, 2.75) is 38.5 Å². The van der Waals surface area contributed by atoms with Crippen LogP contribution in [0.15, 0.2) is 172 Å². The maximum absolute atomic E-state index is 13.1. The molecule has 0 spiro atoms. The summed E-state index contributed by atoms with van der Waals surface area (Å²) in [6, 6.07) is 32.0. The van der Waals surface area contributed by atoms with Crippen LogP contribution < -0.4 is 47.4 Å². The molecule has 18 N–H and O–H groups in total. The van der Waals surface area contributed by atoms with Gasteiger partial charge in [-0.1, -0.05) is 61.3 Å². The first-order valence-corrected chi connectivity index (χ1v) is 32.3. The minimum atomic E-state index is -4.60. The van der Waals surface area contributed by atoms with E-state index in [0.717, 1.165) is 59.8 Å². The van der Waals surface area contributed by atoms with Crippen LogP contribution in [0.5, 0.6) is 0 Å². The summed E-state index contributed by atoms with van der Waals surface area (Å²) < 4.78 is 104. The Balaban J connectivity index is 0.000000347. The Morgan fingerprint density at radius 1 is 0.589 bits per heavy atom. The zero-order chi connectivity index (χ0) is 66.0. The molecule has 33 heteroatoms. The van der Waals surface area contributed by atoms with Crippen LogP contribution in [0.2, 0.25) is 0 Å². The fraction of sp³-hybridized carbons (Fsp3) is 0.194. The van der Waals surface area contributed by atoms with E-state index in [1.54, 1.807) is 72.6 Å². The number of anilines is 6. The molecule has 3 amide bonds. The SMILES string of the molecule is C=CSNc1cc(NC(=O)c2c[nH]c3ccccc3c2=O)cc(C(F)(F)F)c1.Cc1cc(NSCCN2CCCCC2)cc(NC(=O)c2c[nH]c3ccccc3c2=O)c1.Nc1cc(NC(=O)c2c[nH]c3ccccc3c2=O)cc(C(F)(F)F)c1.O.O.O.O.O=S(=O)(Cl)CCCl. The lowest BCUT2D eigenvalue weighted by Crippen LogP contribution is -2.31. The highest BCUT2D eigenvalue weighted by molar-refractivity contribution is 8.13. The molecule has 22 nitrogen and oxygen atoms in total. The van der Waals surface area contributed by atoms with Crippen LogP contribution in [0.25, 0.3) is 32.7 Å². The van der Waals surface area contributed by atoms with Crippen LogP contribution >= 0.6 is 46.2 Å². The molecule has 1 fully saturated rings. The third-order valence-electron chi connectivity index (χ3n) is 13.2. The molecule has 0 bridgehead atoms. The summed E-state index contributed by atoms with van der Waals surface area (Å²) >= 11 is 7.69. The molecule has 1 aliphatic rings. The van der Waals surface area contributed by atoms with Crippen molar-refractivity contribution in [3.05, 3.63) is 222 Å². The lowest BCUT2D eigenvalue weighted by atomic mass is 10.1. The molecule has 3 aromatic heterocycles. The quantitative estimate of drug-likeness (QED) is 0.0108. The van der Waals surface area contributed by atoms with Crippen LogP contribution in [0, 0.1) is 6.92 Å². The van der Waals surface area contributed by atoms with E-state index in [1.165, 1.54) is 68.5 Å². The number of aromatic amines is 3. The number of amides is 3. The van der Waals surface area contributed by atoms with Crippen LogP contribution in [0.3, 0.4) is 0 Å². The van der Waals surface area contributed by atoms with Crippen LogP contribution in [-0.4, -0.2) is 105 Å². The second kappa shape index (κ2) is 36.7. The molecule has 1 aliphatic heterocycles. The molecule has 4 heterocycles. The number of aryl methyl sites for hydroxylation is 1. The lowest BCUT2D eigenvalue weighted by Gasteiger charge is -2.26. The van der Waals surface area contributed by atoms with Gasteiger partial charge in [-0.25, -0.2) is 8.42 Å². The van der Waals surface area contributed by atoms with E-state index >= 15 is 0 Å². The molecule has 0 radical (unpaired) electrons. The Morgan fingerprint density at radius 2 is 0.968 bits per heavy atom. The summed E-state index contributed by atoms with van der Waals surface area (Å²) in [5, 5.41) is 10.0. The van der Waals surface area contributed by atoms with Gasteiger partial charge in [0.15, 0.2) is 0 Å². The van der Waals surface area contributed by atoms with E-state index in [-0.39, 0.29) is 78.4 Å². The predicted octanol–water partition coefficient (Wildman–Crippen LogP) is 10.5. The number of halogens is 8. The summed E-state index contributed by atoms with van der Waals surface area (Å²) in [5.41, 5.74) is 6.08. The number of benzene rings is 6. The molecule has 0 saturated carbocycles. The van der Waals surface area contributed by atoms with Crippen molar-refractivity contribution >= 4 is 140 Å². The van der Waals surface area contributed by atoms with Gasteiger partial charge in [0.05, 0.1) is 16.9 Å². The van der Waals surface area contributed by atoms with Crippen molar-refractivity contribution in [1.82, 2.24) is 19.9 Å². The number of rotatable bonds is 16. The number of H-pyrrole nitrogens is 3. The van der Waals surface area contributed by atoms with Crippen molar-refractivity contribution < 1.29 is 71.0 Å². The van der Waals surface area contributed by atoms with E-state index in [0.29, 0.717) is 38.4 Å². The van der Waals surface area contributed by atoms with Crippen molar-refractivity contribution in [3.63, 3.8) is 0 Å². The normalized spacial score (nSPS) is 11.9. The van der Waals surface area contributed by atoms with Crippen molar-refractivity contribution in [1.29, 1.82) is 0 Å². The number of nitrogens with zero attached hydrogens (tertiary/aromatic N) is 1. The number of carbonyl (C=O) groups excluding carboxylic acids is 3. The number of fused-ring (bicyclic) bond motifs is 3. The summed E-state index contributed by atoms with van der Waals surface area (Å²) in [4.78, 5) is 86.3. The average molecular weight is 1420 g/mol. The van der Waals surface area contributed by atoms with Gasteiger partial charge in [-0.05, 0) is 147 Å². The van der Waals surface area contributed by atoms with Gasteiger partial charge in [0, 0.05) is 114 Å². The number of para-hydroxylation sites is 3. The third kappa shape index (κ3) is 23.5. The van der Waals surface area contributed by atoms with Crippen LogP contribution in [-0.2, 0) is 21.4 Å². The minimum Gasteiger partial charge on any atom is -0.412 e. The molecule has 95 heavy (non-hydrogen) atoms. The predicted molar refractivity (Wildman–Crippen MR) is 369 cm³/mol. The first-order chi connectivity index (χ1) is 43.2. The third-order valence-corrected chi connectivity index (χ3v) is 16.1. The van der Waals surface area contributed by atoms with Gasteiger partial charge in [0.25, 0.3) is 17.7 Å². The van der Waals surface area contributed by atoms with Gasteiger partial charge < -0.3 is 72.9 Å². The second-order valence-corrected chi connectivity index (χ2v) is 24.9. The molecule has 10 rings (SSSR count). The first kappa shape index (κ1) is 80.3. The number of hydrogen-bond acceptors (Lipinski definition) is 14. The van der Waals surface area contributed by atoms with E-state index < -0.39 is 61.1 Å². The number of pyridine rings is 3. The number of piperidine rings is 1. The van der Waals surface area contributed by atoms with Crippen LogP contribution in [0.1, 0.15) is 67.0 Å². The summed E-state index contributed by atoms with van der Waals surface area (Å²) in [6.45, 7) is 8.94. The highest BCUT2D eigenvalue weighted by atomic mass is 35.7. The molecule has 0 aliphatic carbocycles. The highest BCUT2D eigenvalue weighted by Crippen LogP contribution is 2.35. The number of nitrogen functional groups attached to an aromatic ring is 1. The summed E-state index contributed by atoms with van der Waals surface area (Å²) in [6.07, 6.45) is -1.31. The lowest BCUT2D eigenvalue weighted by molar-refractivity contribution is -0.138. The number of nitrogens with two attached hydrogens (primary N) is 1. The monoisotopic (exact) mass is 1420 g/mol. The fourth-order valence-corrected chi connectivity index (χ4v) is 11.4. The fourth-order valence-electron chi connectivity index (χ4n) is 9.02. The Hall–Kier alpha value is -8.89. The standard InChI is InChI=1S/C24H28N4O2S.C19H14F3N3O2S.C17H12F3N3O2.C2H4Cl2O2S.4H2O/c1-17-13-18(15-19(14-17)27-31-12-11-28-9-5-2-6-10-28)26-24(30)21-16-25-22-8-4-3-7-20(22)23(21)29;1-2-28-25-13-8-11(19(20,21)22)7-12(9-13)24-18(27)15-10-23-16-6-4-3-5-14(16)17(15)26;18-17(19,20)9-5-10(21)7-11(6-9)23-16(25)13-8-22-14-4-2-1-3-12(14)15(13)24;3-1-2-7(4,5)6;;;;/h3-4,7-8,13-16,27H,2,5-6,9-12H2,1H3,(H,25,29)(H,26,30);2-10,25H,1H2,(H,23,26)(H,24,27);1-8H,21H2,(H,22,24)(H,23,25);1-2H2;4*1H2. The number of carbonyl (C=O) groups is 3. The average Bonchev–Trinajstić information content (AvgIpc) is 0.834. The second-order valence-electron chi connectivity index (χ2n) is 20.0. The van der Waals surface area contributed by atoms with E-state index in [4.69, 9.17) is 28.0 Å². The zero-order valence-corrected chi connectivity index (χ0v) is 54.0. The first-order valence-electron chi connectivity index (χ1n) is 27.4. The maximum atomic E-state index is 13.1. The zero-order valence-electron chi connectivity index (χ0n) is 50.0. The van der Waals surface area contributed by atoms with Gasteiger partial charge >= 0.3 is 12.4 Å². The van der Waals surface area contributed by atoms with Crippen LogP contribution in [0.4, 0.5) is 60.5 Å².